The molecule has 0 heterocycles. The number of benzene rings is 1. The summed E-state index contributed by atoms with van der Waals surface area (Å²) in [5.74, 6) is 0. The van der Waals surface area contributed by atoms with Crippen molar-refractivity contribution in [3.8, 4) is 0 Å². The molecule has 0 aliphatic heterocycles. The Hall–Kier alpha value is 0.180. The molecule has 0 N–H and O–H groups in total. The van der Waals surface area contributed by atoms with Crippen LogP contribution in [0.4, 0.5) is 0 Å². The van der Waals surface area contributed by atoms with Gasteiger partial charge in [0.1, 0.15) is 0 Å². The average molecular weight is 278 g/mol. The van der Waals surface area contributed by atoms with Crippen LogP contribution in [0, 0.1) is 0 Å². The van der Waals surface area contributed by atoms with Crippen LogP contribution in [0.3, 0.4) is 0 Å². The van der Waals surface area contributed by atoms with E-state index in [4.69, 9.17) is 0 Å². The first kappa shape index (κ1) is 9.27. The zero-order valence-corrected chi connectivity index (χ0v) is 9.31. The second kappa shape index (κ2) is 4.94. The first-order valence-corrected chi connectivity index (χ1v) is 5.44. The first-order valence-electron chi connectivity index (χ1n) is 3.61. The lowest BCUT2D eigenvalue weighted by Crippen LogP contribution is -1.89. The highest BCUT2D eigenvalue weighted by Gasteiger charge is 1.97. The van der Waals surface area contributed by atoms with Crippen LogP contribution in [-0.2, 0) is 6.42 Å². The van der Waals surface area contributed by atoms with Crippen LogP contribution in [0.5, 0.6) is 0 Å². The van der Waals surface area contributed by atoms with E-state index in [0.29, 0.717) is 3.74 Å². The Morgan fingerprint density at radius 2 is 1.73 bits per heavy atom. The van der Waals surface area contributed by atoms with Crippen molar-refractivity contribution in [2.24, 2.45) is 0 Å². The summed E-state index contributed by atoms with van der Waals surface area (Å²) in [7, 11) is 0. The molecule has 0 aromatic heterocycles. The Morgan fingerprint density at radius 1 is 1.09 bits per heavy atom. The number of hydrogen-bond donors (Lipinski definition) is 0. The maximum Gasteiger partial charge on any atom is 0.0701 e. The van der Waals surface area contributed by atoms with Crippen molar-refractivity contribution in [2.45, 2.75) is 16.6 Å². The molecule has 0 aliphatic rings. The van der Waals surface area contributed by atoms with Gasteiger partial charge in [-0.1, -0.05) is 62.2 Å². The Kier molecular flexibility index (Phi) is 4.16. The summed E-state index contributed by atoms with van der Waals surface area (Å²) in [4.78, 5) is 0. The van der Waals surface area contributed by atoms with E-state index in [1.165, 1.54) is 5.56 Å². The Bertz CT molecular complexity index is 194. The number of rotatable bonds is 3. The molecule has 0 bridgehead atoms. The van der Waals surface area contributed by atoms with Gasteiger partial charge in [-0.2, -0.15) is 0 Å². The summed E-state index contributed by atoms with van der Waals surface area (Å²) in [6.07, 6.45) is 2.26. The van der Waals surface area contributed by atoms with Crippen molar-refractivity contribution in [3.05, 3.63) is 35.9 Å². The maximum absolute atomic E-state index is 3.45. The fourth-order valence-electron chi connectivity index (χ4n) is 0.920. The zero-order chi connectivity index (χ0) is 8.10. The van der Waals surface area contributed by atoms with Gasteiger partial charge in [0, 0.05) is 0 Å². The monoisotopic (exact) mass is 276 g/mol. The molecule has 2 heteroatoms. The molecular weight excluding hydrogens is 268 g/mol. The molecule has 1 aromatic rings. The van der Waals surface area contributed by atoms with E-state index in [0.717, 1.165) is 12.8 Å². The smallest absolute Gasteiger partial charge is 0.0701 e. The van der Waals surface area contributed by atoms with Crippen LogP contribution in [0.1, 0.15) is 12.0 Å². The second-order valence-electron chi connectivity index (χ2n) is 2.42. The van der Waals surface area contributed by atoms with E-state index in [2.05, 4.69) is 56.1 Å². The number of alkyl halides is 2. The summed E-state index contributed by atoms with van der Waals surface area (Å²) >= 11 is 6.90. The Morgan fingerprint density at radius 3 is 2.27 bits per heavy atom. The molecule has 0 aliphatic carbocycles. The molecule has 0 radical (unpaired) electrons. The molecule has 1 rings (SSSR count). The van der Waals surface area contributed by atoms with Gasteiger partial charge in [-0.05, 0) is 18.4 Å². The van der Waals surface area contributed by atoms with Gasteiger partial charge < -0.3 is 0 Å². The third kappa shape index (κ3) is 3.92. The van der Waals surface area contributed by atoms with E-state index in [1.807, 2.05) is 6.07 Å². The molecule has 0 unspecified atom stereocenters. The minimum atomic E-state index is 0.440. The fraction of sp³-hybridized carbons (Fsp3) is 0.333. The highest BCUT2D eigenvalue weighted by Crippen LogP contribution is 2.15. The zero-order valence-electron chi connectivity index (χ0n) is 6.13. The van der Waals surface area contributed by atoms with Crippen molar-refractivity contribution in [2.75, 3.05) is 0 Å². The van der Waals surface area contributed by atoms with Crippen molar-refractivity contribution in [1.29, 1.82) is 0 Å². The van der Waals surface area contributed by atoms with E-state index in [-0.39, 0.29) is 0 Å². The van der Waals surface area contributed by atoms with Gasteiger partial charge in [0.2, 0.25) is 0 Å². The largest absolute Gasteiger partial charge is 0.0765 e. The molecule has 0 spiro atoms. The van der Waals surface area contributed by atoms with E-state index in [9.17, 15) is 0 Å². The Balaban J connectivity index is 2.39. The molecule has 11 heavy (non-hydrogen) atoms. The second-order valence-corrected chi connectivity index (χ2v) is 5.85. The first-order chi connectivity index (χ1) is 5.29. The molecule has 1 aromatic carbocycles. The van der Waals surface area contributed by atoms with E-state index in [1.54, 1.807) is 0 Å². The van der Waals surface area contributed by atoms with E-state index >= 15 is 0 Å². The normalized spacial score (nSPS) is 10.5. The quantitative estimate of drug-likeness (QED) is 0.739. The van der Waals surface area contributed by atoms with Crippen molar-refractivity contribution >= 4 is 31.9 Å². The molecule has 0 fully saturated rings. The minimum Gasteiger partial charge on any atom is -0.0765 e. The molecule has 60 valence electrons. The standard InChI is InChI=1S/C9H10Br2/c10-9(11)7-6-8-4-2-1-3-5-8/h1-5,9H,6-7H2. The van der Waals surface area contributed by atoms with Crippen LogP contribution >= 0.6 is 31.9 Å². The maximum atomic E-state index is 3.45. The summed E-state index contributed by atoms with van der Waals surface area (Å²) in [5, 5.41) is 0. The minimum absolute atomic E-state index is 0.440. The van der Waals surface area contributed by atoms with Gasteiger partial charge in [-0.3, -0.25) is 0 Å². The van der Waals surface area contributed by atoms with Crippen molar-refractivity contribution in [3.63, 3.8) is 0 Å². The summed E-state index contributed by atoms with van der Waals surface area (Å²) in [6, 6.07) is 10.5. The van der Waals surface area contributed by atoms with Gasteiger partial charge in [-0.15, -0.1) is 0 Å². The molecule has 0 saturated heterocycles. The van der Waals surface area contributed by atoms with Crippen LogP contribution < -0.4 is 0 Å². The lowest BCUT2D eigenvalue weighted by Gasteiger charge is -2.00. The molecule has 0 amide bonds. The lowest BCUT2D eigenvalue weighted by atomic mass is 10.1. The van der Waals surface area contributed by atoms with Crippen LogP contribution in [-0.4, -0.2) is 3.74 Å². The van der Waals surface area contributed by atoms with Gasteiger partial charge in [0.15, 0.2) is 0 Å². The SMILES string of the molecule is BrC(Br)CCc1ccccc1. The van der Waals surface area contributed by atoms with Crippen molar-refractivity contribution < 1.29 is 0 Å². The fourth-order valence-corrected chi connectivity index (χ4v) is 1.38. The molecule has 0 atom stereocenters. The molecule has 0 saturated carbocycles. The van der Waals surface area contributed by atoms with Crippen LogP contribution in [0.15, 0.2) is 30.3 Å². The number of halogens is 2. The predicted octanol–water partition coefficient (Wildman–Crippen LogP) is 3.74. The summed E-state index contributed by atoms with van der Waals surface area (Å²) in [5.41, 5.74) is 1.40. The van der Waals surface area contributed by atoms with Gasteiger partial charge in [-0.25, -0.2) is 0 Å². The third-order valence-corrected chi connectivity index (χ3v) is 2.41. The Labute approximate surface area is 84.3 Å². The summed E-state index contributed by atoms with van der Waals surface area (Å²) in [6.45, 7) is 0. The lowest BCUT2D eigenvalue weighted by molar-refractivity contribution is 0.919. The highest BCUT2D eigenvalue weighted by atomic mass is 79.9. The molecular formula is C9H10Br2. The average Bonchev–Trinajstić information content (AvgIpc) is 2.03. The third-order valence-electron chi connectivity index (χ3n) is 1.49. The highest BCUT2D eigenvalue weighted by molar-refractivity contribution is 9.24. The predicted molar refractivity (Wildman–Crippen MR) is 56.4 cm³/mol. The van der Waals surface area contributed by atoms with Crippen molar-refractivity contribution in [1.82, 2.24) is 0 Å². The van der Waals surface area contributed by atoms with Gasteiger partial charge >= 0.3 is 0 Å². The summed E-state index contributed by atoms with van der Waals surface area (Å²) < 4.78 is 0.440. The van der Waals surface area contributed by atoms with E-state index < -0.39 is 0 Å². The molecule has 0 nitrogen and oxygen atoms in total. The van der Waals surface area contributed by atoms with Crippen LogP contribution in [0.2, 0.25) is 0 Å². The number of hydrogen-bond acceptors (Lipinski definition) is 0. The number of aryl methyl sites for hydroxylation is 1. The topological polar surface area (TPSA) is 0 Å². The van der Waals surface area contributed by atoms with Gasteiger partial charge in [0.25, 0.3) is 0 Å². The van der Waals surface area contributed by atoms with Crippen LogP contribution in [0.25, 0.3) is 0 Å². The van der Waals surface area contributed by atoms with Gasteiger partial charge in [0.05, 0.1) is 3.74 Å².